The van der Waals surface area contributed by atoms with Crippen LogP contribution >= 0.6 is 0 Å². The Morgan fingerprint density at radius 2 is 2.06 bits per heavy atom. The van der Waals surface area contributed by atoms with E-state index in [0.29, 0.717) is 12.8 Å². The van der Waals surface area contributed by atoms with E-state index in [2.05, 4.69) is 10.6 Å². The Labute approximate surface area is 102 Å². The number of urea groups is 1. The van der Waals surface area contributed by atoms with Crippen molar-refractivity contribution in [1.29, 1.82) is 0 Å². The van der Waals surface area contributed by atoms with E-state index in [-0.39, 0.29) is 17.9 Å². The van der Waals surface area contributed by atoms with Gasteiger partial charge >= 0.3 is 6.03 Å². The molecule has 1 atom stereocenters. The Kier molecular flexibility index (Phi) is 4.36. The summed E-state index contributed by atoms with van der Waals surface area (Å²) in [5.41, 5.74) is 0. The molecule has 2 amide bonds. The molecule has 0 aromatic heterocycles. The van der Waals surface area contributed by atoms with Gasteiger partial charge < -0.3 is 15.5 Å². The van der Waals surface area contributed by atoms with Crippen LogP contribution < -0.4 is 10.6 Å². The molecule has 5 nitrogen and oxygen atoms in total. The lowest BCUT2D eigenvalue weighted by Gasteiger charge is -2.29. The Morgan fingerprint density at radius 1 is 1.29 bits per heavy atom. The van der Waals surface area contributed by atoms with Gasteiger partial charge in [-0.15, -0.1) is 0 Å². The molecule has 96 valence electrons. The van der Waals surface area contributed by atoms with Gasteiger partial charge in [-0.2, -0.15) is 0 Å². The maximum atomic E-state index is 12.0. The second-order valence-electron chi connectivity index (χ2n) is 4.87. The lowest BCUT2D eigenvalue weighted by atomic mass is 10.1. The van der Waals surface area contributed by atoms with Gasteiger partial charge in [-0.3, -0.25) is 4.79 Å². The molecule has 2 rings (SSSR count). The molecule has 1 heterocycles. The molecular weight excluding hydrogens is 218 g/mol. The number of hydrogen-bond acceptors (Lipinski definition) is 3. The molecule has 0 bridgehead atoms. The van der Waals surface area contributed by atoms with Gasteiger partial charge in [0, 0.05) is 45.1 Å². The number of piperazine rings is 1. The van der Waals surface area contributed by atoms with Crippen molar-refractivity contribution in [2.24, 2.45) is 0 Å². The molecular formula is C12H21N3O2. The van der Waals surface area contributed by atoms with Crippen molar-refractivity contribution in [3.8, 4) is 0 Å². The molecule has 2 N–H and O–H groups in total. The van der Waals surface area contributed by atoms with Crippen molar-refractivity contribution in [2.45, 2.75) is 38.1 Å². The minimum Gasteiger partial charge on any atom is -0.335 e. The molecule has 0 spiro atoms. The highest BCUT2D eigenvalue weighted by Crippen LogP contribution is 2.15. The number of rotatable bonds is 1. The van der Waals surface area contributed by atoms with Crippen molar-refractivity contribution in [1.82, 2.24) is 15.5 Å². The SMILES string of the molecule is O=C1CCCCC(NC(=O)N2CCNCC2)C1. The van der Waals surface area contributed by atoms with E-state index in [1.165, 1.54) is 0 Å². The predicted molar refractivity (Wildman–Crippen MR) is 64.9 cm³/mol. The van der Waals surface area contributed by atoms with E-state index < -0.39 is 0 Å². The molecule has 1 aliphatic heterocycles. The van der Waals surface area contributed by atoms with Gasteiger partial charge in [0.25, 0.3) is 0 Å². The van der Waals surface area contributed by atoms with Gasteiger partial charge in [0.15, 0.2) is 0 Å². The first kappa shape index (κ1) is 12.4. The lowest BCUT2D eigenvalue weighted by Crippen LogP contribution is -2.52. The van der Waals surface area contributed by atoms with Crippen LogP contribution in [0.5, 0.6) is 0 Å². The van der Waals surface area contributed by atoms with Crippen LogP contribution in [0.3, 0.4) is 0 Å². The van der Waals surface area contributed by atoms with Crippen LogP contribution in [0.1, 0.15) is 32.1 Å². The van der Waals surface area contributed by atoms with E-state index in [4.69, 9.17) is 0 Å². The van der Waals surface area contributed by atoms with E-state index >= 15 is 0 Å². The summed E-state index contributed by atoms with van der Waals surface area (Å²) >= 11 is 0. The molecule has 1 aliphatic carbocycles. The van der Waals surface area contributed by atoms with Gasteiger partial charge in [0.05, 0.1) is 0 Å². The molecule has 17 heavy (non-hydrogen) atoms. The Morgan fingerprint density at radius 3 is 2.82 bits per heavy atom. The zero-order chi connectivity index (χ0) is 12.1. The first-order chi connectivity index (χ1) is 8.25. The fourth-order valence-corrected chi connectivity index (χ4v) is 2.45. The van der Waals surface area contributed by atoms with Crippen LogP contribution in [0.2, 0.25) is 0 Å². The molecule has 1 saturated heterocycles. The van der Waals surface area contributed by atoms with E-state index in [9.17, 15) is 9.59 Å². The molecule has 0 aromatic rings. The number of amides is 2. The van der Waals surface area contributed by atoms with Crippen molar-refractivity contribution >= 4 is 11.8 Å². The second-order valence-corrected chi connectivity index (χ2v) is 4.87. The minimum absolute atomic E-state index is 0.00815. The zero-order valence-electron chi connectivity index (χ0n) is 10.2. The Balaban J connectivity index is 1.81. The van der Waals surface area contributed by atoms with Gasteiger partial charge in [0.1, 0.15) is 5.78 Å². The first-order valence-corrected chi connectivity index (χ1v) is 6.53. The molecule has 2 aliphatic rings. The summed E-state index contributed by atoms with van der Waals surface area (Å²) in [5, 5.41) is 6.21. The smallest absolute Gasteiger partial charge is 0.317 e. The van der Waals surface area contributed by atoms with Crippen molar-refractivity contribution in [2.75, 3.05) is 26.2 Å². The number of Topliss-reactive ketones (excluding diaryl/α,β-unsaturated/α-hetero) is 1. The third kappa shape index (κ3) is 3.70. The minimum atomic E-state index is -0.00815. The van der Waals surface area contributed by atoms with Crippen molar-refractivity contribution in [3.05, 3.63) is 0 Å². The third-order valence-electron chi connectivity index (χ3n) is 3.46. The fraction of sp³-hybridized carbons (Fsp3) is 0.833. The van der Waals surface area contributed by atoms with Crippen molar-refractivity contribution < 1.29 is 9.59 Å². The monoisotopic (exact) mass is 239 g/mol. The topological polar surface area (TPSA) is 61.4 Å². The number of hydrogen-bond donors (Lipinski definition) is 2. The van der Waals surface area contributed by atoms with Gasteiger partial charge in [-0.1, -0.05) is 6.42 Å². The van der Waals surface area contributed by atoms with Crippen molar-refractivity contribution in [3.63, 3.8) is 0 Å². The Bertz CT molecular complexity index is 287. The summed E-state index contributed by atoms with van der Waals surface area (Å²) in [4.78, 5) is 25.3. The fourth-order valence-electron chi connectivity index (χ4n) is 2.45. The average molecular weight is 239 g/mol. The van der Waals surface area contributed by atoms with Crippen LogP contribution in [-0.2, 0) is 4.79 Å². The van der Waals surface area contributed by atoms with Crippen LogP contribution in [0, 0.1) is 0 Å². The summed E-state index contributed by atoms with van der Waals surface area (Å²) < 4.78 is 0. The molecule has 0 radical (unpaired) electrons. The van der Waals surface area contributed by atoms with Gasteiger partial charge in [-0.25, -0.2) is 4.79 Å². The number of nitrogens with one attached hydrogen (secondary N) is 2. The zero-order valence-corrected chi connectivity index (χ0v) is 10.2. The molecule has 1 saturated carbocycles. The van der Waals surface area contributed by atoms with Crippen LogP contribution in [-0.4, -0.2) is 48.9 Å². The van der Waals surface area contributed by atoms with Gasteiger partial charge in [-0.05, 0) is 12.8 Å². The Hall–Kier alpha value is -1.10. The van der Waals surface area contributed by atoms with Crippen LogP contribution in [0.15, 0.2) is 0 Å². The predicted octanol–water partition coefficient (Wildman–Crippen LogP) is 0.503. The number of nitrogens with zero attached hydrogens (tertiary/aromatic N) is 1. The summed E-state index contributed by atoms with van der Waals surface area (Å²) in [6, 6.07) is 0.0404. The second kappa shape index (κ2) is 6.00. The molecule has 5 heteroatoms. The normalized spacial score (nSPS) is 26.5. The molecule has 0 aromatic carbocycles. The summed E-state index contributed by atoms with van der Waals surface area (Å²) in [7, 11) is 0. The highest BCUT2D eigenvalue weighted by Gasteiger charge is 2.22. The number of carbonyl (C=O) groups excluding carboxylic acids is 2. The van der Waals surface area contributed by atoms with E-state index in [0.717, 1.165) is 45.4 Å². The highest BCUT2D eigenvalue weighted by molar-refractivity contribution is 5.81. The summed E-state index contributed by atoms with van der Waals surface area (Å²) in [5.74, 6) is 0.285. The summed E-state index contributed by atoms with van der Waals surface area (Å²) in [6.45, 7) is 3.23. The largest absolute Gasteiger partial charge is 0.335 e. The maximum absolute atomic E-state index is 12.0. The quantitative estimate of drug-likeness (QED) is 0.655. The van der Waals surface area contributed by atoms with E-state index in [1.807, 2.05) is 4.90 Å². The average Bonchev–Trinajstić information content (AvgIpc) is 2.55. The molecule has 1 unspecified atom stereocenters. The third-order valence-corrected chi connectivity index (χ3v) is 3.46. The summed E-state index contributed by atoms with van der Waals surface area (Å²) in [6.07, 6.45) is 4.14. The first-order valence-electron chi connectivity index (χ1n) is 6.53. The number of carbonyl (C=O) groups is 2. The lowest BCUT2D eigenvalue weighted by molar-refractivity contribution is -0.119. The standard InChI is InChI=1S/C12H21N3O2/c16-11-4-2-1-3-10(9-11)14-12(17)15-7-5-13-6-8-15/h10,13H,1-9H2,(H,14,17). The van der Waals surface area contributed by atoms with Crippen LogP contribution in [0.25, 0.3) is 0 Å². The number of ketones is 1. The van der Waals surface area contributed by atoms with Crippen LogP contribution in [0.4, 0.5) is 4.79 Å². The molecule has 2 fully saturated rings. The maximum Gasteiger partial charge on any atom is 0.317 e. The van der Waals surface area contributed by atoms with E-state index in [1.54, 1.807) is 0 Å². The highest BCUT2D eigenvalue weighted by atomic mass is 16.2. The van der Waals surface area contributed by atoms with Gasteiger partial charge in [0.2, 0.25) is 0 Å².